The molecule has 0 spiro atoms. The highest BCUT2D eigenvalue weighted by molar-refractivity contribution is 5.93. The van der Waals surface area contributed by atoms with E-state index in [1.807, 2.05) is 6.92 Å². The summed E-state index contributed by atoms with van der Waals surface area (Å²) in [5.74, 6) is -2.25. The number of nitrogens with zero attached hydrogens (tertiary/aromatic N) is 1. The third-order valence-electron chi connectivity index (χ3n) is 2.26. The Morgan fingerprint density at radius 1 is 1.50 bits per heavy atom. The molecular formula is C11H13NO6. The normalized spacial score (nSPS) is 10.1. The molecule has 0 bridgehead atoms. The van der Waals surface area contributed by atoms with Gasteiger partial charge in [0.15, 0.2) is 0 Å². The van der Waals surface area contributed by atoms with E-state index >= 15 is 0 Å². The molecule has 98 valence electrons. The molecule has 0 aliphatic rings. The number of benzene rings is 1. The van der Waals surface area contributed by atoms with Crippen molar-refractivity contribution in [1.29, 1.82) is 0 Å². The Labute approximate surface area is 103 Å². The summed E-state index contributed by atoms with van der Waals surface area (Å²) in [5, 5.41) is 29.0. The number of hydrogen-bond donors (Lipinski definition) is 2. The summed E-state index contributed by atoms with van der Waals surface area (Å²) < 4.78 is 5.20. The Kier molecular flexibility index (Phi) is 4.47. The second-order valence-corrected chi connectivity index (χ2v) is 3.60. The lowest BCUT2D eigenvalue weighted by Crippen LogP contribution is -2.03. The van der Waals surface area contributed by atoms with E-state index in [1.54, 1.807) is 0 Å². The quantitative estimate of drug-likeness (QED) is 0.458. The van der Waals surface area contributed by atoms with E-state index in [-0.39, 0.29) is 5.75 Å². The third kappa shape index (κ3) is 3.09. The van der Waals surface area contributed by atoms with Gasteiger partial charge in [-0.2, -0.15) is 0 Å². The van der Waals surface area contributed by atoms with Crippen molar-refractivity contribution >= 4 is 11.7 Å². The summed E-state index contributed by atoms with van der Waals surface area (Å²) in [6.07, 6.45) is 1.63. The number of nitro benzene ring substituents is 1. The van der Waals surface area contributed by atoms with Crippen LogP contribution in [0.5, 0.6) is 11.5 Å². The standard InChI is InChI=1S/C11H13NO6/c1-2-3-4-18-7-5-8(11(14)15)10(13)9(6-7)12(16)17/h5-6,13H,2-4H2,1H3,(H,14,15). The minimum atomic E-state index is -1.45. The highest BCUT2D eigenvalue weighted by Crippen LogP contribution is 2.34. The van der Waals surface area contributed by atoms with Crippen molar-refractivity contribution < 1.29 is 24.7 Å². The molecule has 0 amide bonds. The smallest absolute Gasteiger partial charge is 0.339 e. The lowest BCUT2D eigenvalue weighted by Gasteiger charge is -2.07. The molecule has 0 unspecified atom stereocenters. The van der Waals surface area contributed by atoms with Gasteiger partial charge in [0.1, 0.15) is 11.3 Å². The second-order valence-electron chi connectivity index (χ2n) is 3.60. The zero-order valence-corrected chi connectivity index (χ0v) is 9.75. The van der Waals surface area contributed by atoms with Crippen molar-refractivity contribution in [2.24, 2.45) is 0 Å². The van der Waals surface area contributed by atoms with E-state index in [2.05, 4.69) is 0 Å². The fourth-order valence-electron chi connectivity index (χ4n) is 1.31. The van der Waals surface area contributed by atoms with Crippen molar-refractivity contribution in [3.05, 3.63) is 27.8 Å². The first-order valence-electron chi connectivity index (χ1n) is 5.34. The van der Waals surface area contributed by atoms with Crippen LogP contribution in [-0.4, -0.2) is 27.7 Å². The highest BCUT2D eigenvalue weighted by Gasteiger charge is 2.23. The van der Waals surface area contributed by atoms with Gasteiger partial charge in [0.2, 0.25) is 5.75 Å². The molecule has 0 heterocycles. The number of phenols is 1. The first-order chi connectivity index (χ1) is 8.47. The van der Waals surface area contributed by atoms with Crippen LogP contribution in [0.2, 0.25) is 0 Å². The van der Waals surface area contributed by atoms with Crippen LogP contribution in [0.25, 0.3) is 0 Å². The van der Waals surface area contributed by atoms with Crippen molar-refractivity contribution in [3.8, 4) is 11.5 Å². The maximum Gasteiger partial charge on any atom is 0.339 e. The first kappa shape index (κ1) is 13.8. The van der Waals surface area contributed by atoms with Crippen LogP contribution in [-0.2, 0) is 0 Å². The van der Waals surface area contributed by atoms with E-state index < -0.39 is 27.9 Å². The average molecular weight is 255 g/mol. The van der Waals surface area contributed by atoms with E-state index in [9.17, 15) is 20.0 Å². The topological polar surface area (TPSA) is 110 Å². The van der Waals surface area contributed by atoms with Crippen LogP contribution >= 0.6 is 0 Å². The Morgan fingerprint density at radius 3 is 2.67 bits per heavy atom. The lowest BCUT2D eigenvalue weighted by atomic mass is 10.1. The predicted octanol–water partition coefficient (Wildman–Crippen LogP) is 2.18. The SMILES string of the molecule is CCCCOc1cc(C(=O)O)c(O)c([N+](=O)[O-])c1. The van der Waals surface area contributed by atoms with Gasteiger partial charge >= 0.3 is 11.7 Å². The van der Waals surface area contributed by atoms with E-state index in [0.717, 1.165) is 25.0 Å². The summed E-state index contributed by atoms with van der Waals surface area (Å²) in [6, 6.07) is 2.08. The van der Waals surface area contributed by atoms with Crippen LogP contribution in [0.4, 0.5) is 5.69 Å². The summed E-state index contributed by atoms with van der Waals surface area (Å²) in [6.45, 7) is 2.28. The zero-order chi connectivity index (χ0) is 13.7. The summed E-state index contributed by atoms with van der Waals surface area (Å²) in [4.78, 5) is 20.7. The maximum absolute atomic E-state index is 10.8. The van der Waals surface area contributed by atoms with Gasteiger partial charge in [-0.15, -0.1) is 0 Å². The molecule has 0 radical (unpaired) electrons. The number of nitro groups is 1. The predicted molar refractivity (Wildman–Crippen MR) is 62.1 cm³/mol. The number of carboxylic acids is 1. The van der Waals surface area contributed by atoms with E-state index in [1.165, 1.54) is 0 Å². The second kappa shape index (κ2) is 5.85. The number of unbranched alkanes of at least 4 members (excludes halogenated alkanes) is 1. The fourth-order valence-corrected chi connectivity index (χ4v) is 1.31. The molecule has 0 atom stereocenters. The van der Waals surface area contributed by atoms with Crippen LogP contribution < -0.4 is 4.74 Å². The minimum Gasteiger partial charge on any atom is -0.501 e. The summed E-state index contributed by atoms with van der Waals surface area (Å²) in [5.41, 5.74) is -1.22. The number of aromatic hydroxyl groups is 1. The van der Waals surface area contributed by atoms with Crippen molar-refractivity contribution in [1.82, 2.24) is 0 Å². The van der Waals surface area contributed by atoms with Crippen molar-refractivity contribution in [2.45, 2.75) is 19.8 Å². The fraction of sp³-hybridized carbons (Fsp3) is 0.364. The molecular weight excluding hydrogens is 242 g/mol. The zero-order valence-electron chi connectivity index (χ0n) is 9.75. The molecule has 18 heavy (non-hydrogen) atoms. The van der Waals surface area contributed by atoms with Gasteiger partial charge in [0.05, 0.1) is 17.6 Å². The Bertz CT molecular complexity index is 436. The van der Waals surface area contributed by atoms with Crippen molar-refractivity contribution in [3.63, 3.8) is 0 Å². The van der Waals surface area contributed by atoms with Gasteiger partial charge < -0.3 is 14.9 Å². The molecule has 1 aromatic rings. The highest BCUT2D eigenvalue weighted by atomic mass is 16.6. The molecule has 1 rings (SSSR count). The number of hydrogen-bond acceptors (Lipinski definition) is 5. The first-order valence-corrected chi connectivity index (χ1v) is 5.34. The Balaban J connectivity index is 3.12. The molecule has 7 nitrogen and oxygen atoms in total. The third-order valence-corrected chi connectivity index (χ3v) is 2.26. The Hall–Kier alpha value is -2.31. The minimum absolute atomic E-state index is 0.0605. The molecule has 0 aliphatic heterocycles. The lowest BCUT2D eigenvalue weighted by molar-refractivity contribution is -0.386. The van der Waals surface area contributed by atoms with Gasteiger partial charge in [-0.3, -0.25) is 10.1 Å². The number of carbonyl (C=O) groups is 1. The molecule has 2 N–H and O–H groups in total. The average Bonchev–Trinajstić information content (AvgIpc) is 2.30. The molecule has 0 aliphatic carbocycles. The van der Waals surface area contributed by atoms with Crippen molar-refractivity contribution in [2.75, 3.05) is 6.61 Å². The molecule has 0 aromatic heterocycles. The van der Waals surface area contributed by atoms with E-state index in [0.29, 0.717) is 6.61 Å². The van der Waals surface area contributed by atoms with Gasteiger partial charge in [0, 0.05) is 0 Å². The van der Waals surface area contributed by atoms with Gasteiger partial charge in [-0.05, 0) is 12.5 Å². The largest absolute Gasteiger partial charge is 0.501 e. The maximum atomic E-state index is 10.8. The molecule has 1 aromatic carbocycles. The summed E-state index contributed by atoms with van der Waals surface area (Å²) >= 11 is 0. The van der Waals surface area contributed by atoms with Gasteiger partial charge in [-0.25, -0.2) is 4.79 Å². The number of rotatable bonds is 6. The monoisotopic (exact) mass is 255 g/mol. The molecule has 0 saturated carbocycles. The van der Waals surface area contributed by atoms with Crippen LogP contribution in [0, 0.1) is 10.1 Å². The Morgan fingerprint density at radius 2 is 2.17 bits per heavy atom. The summed E-state index contributed by atoms with van der Waals surface area (Å²) in [7, 11) is 0. The number of carboxylic acid groups (broad SMARTS) is 1. The van der Waals surface area contributed by atoms with Crippen LogP contribution in [0.1, 0.15) is 30.1 Å². The molecule has 0 saturated heterocycles. The van der Waals surface area contributed by atoms with Crippen LogP contribution in [0.3, 0.4) is 0 Å². The van der Waals surface area contributed by atoms with E-state index in [4.69, 9.17) is 9.84 Å². The molecule has 7 heteroatoms. The number of ether oxygens (including phenoxy) is 1. The number of aromatic carboxylic acids is 1. The van der Waals surface area contributed by atoms with Crippen LogP contribution in [0.15, 0.2) is 12.1 Å². The van der Waals surface area contributed by atoms with Gasteiger partial charge in [0.25, 0.3) is 0 Å². The molecule has 0 fully saturated rings. The van der Waals surface area contributed by atoms with Gasteiger partial charge in [-0.1, -0.05) is 13.3 Å².